The summed E-state index contributed by atoms with van der Waals surface area (Å²) in [5, 5.41) is 6.72. The Morgan fingerprint density at radius 2 is 1.82 bits per heavy atom. The topological polar surface area (TPSA) is 127 Å². The average Bonchev–Trinajstić information content (AvgIpc) is 3.25. The first-order valence-electron chi connectivity index (χ1n) is 10.6. The summed E-state index contributed by atoms with van der Waals surface area (Å²) in [7, 11) is -3.69. The largest absolute Gasteiger partial charge is 0.379 e. The molecule has 0 spiro atoms. The van der Waals surface area contributed by atoms with E-state index in [1.807, 2.05) is 0 Å². The third kappa shape index (κ3) is 6.03. The van der Waals surface area contributed by atoms with Crippen LogP contribution >= 0.6 is 11.8 Å². The van der Waals surface area contributed by atoms with Crippen molar-refractivity contribution in [2.75, 3.05) is 68.6 Å². The van der Waals surface area contributed by atoms with Gasteiger partial charge in [-0.1, -0.05) is 5.16 Å². The number of aromatic nitrogens is 2. The molecule has 11 nitrogen and oxygen atoms in total. The SMILES string of the molecule is Cc1nc(CSCC(=O)Nc2cc(S(=O)(=O)N3CCOCC3)ccc2N2CCOCC2)no1. The number of carbonyl (C=O) groups is 1. The number of nitrogens with zero attached hydrogens (tertiary/aromatic N) is 4. The van der Waals surface area contributed by atoms with Crippen molar-refractivity contribution in [2.45, 2.75) is 17.6 Å². The molecular formula is C20H27N5O6S2. The molecule has 1 amide bonds. The highest BCUT2D eigenvalue weighted by atomic mass is 32.2. The average molecular weight is 498 g/mol. The van der Waals surface area contributed by atoms with Gasteiger partial charge >= 0.3 is 0 Å². The van der Waals surface area contributed by atoms with Crippen molar-refractivity contribution < 1.29 is 27.2 Å². The van der Waals surface area contributed by atoms with Crippen molar-refractivity contribution in [1.29, 1.82) is 0 Å². The second-order valence-electron chi connectivity index (χ2n) is 7.57. The molecule has 2 saturated heterocycles. The molecule has 2 fully saturated rings. The number of carbonyl (C=O) groups excluding carboxylic acids is 1. The molecule has 1 N–H and O–H groups in total. The van der Waals surface area contributed by atoms with Crippen LogP contribution in [0.15, 0.2) is 27.6 Å². The van der Waals surface area contributed by atoms with Crippen LogP contribution in [0, 0.1) is 6.92 Å². The van der Waals surface area contributed by atoms with Gasteiger partial charge in [0.05, 0.1) is 54.2 Å². The molecule has 0 bridgehead atoms. The number of ether oxygens (including phenoxy) is 2. The van der Waals surface area contributed by atoms with Crippen LogP contribution in [-0.2, 0) is 30.0 Å². The van der Waals surface area contributed by atoms with Gasteiger partial charge in [-0.15, -0.1) is 11.8 Å². The van der Waals surface area contributed by atoms with E-state index in [9.17, 15) is 13.2 Å². The van der Waals surface area contributed by atoms with E-state index in [-0.39, 0.29) is 16.6 Å². The fraction of sp³-hybridized carbons (Fsp3) is 0.550. The number of nitrogens with one attached hydrogen (secondary N) is 1. The monoisotopic (exact) mass is 497 g/mol. The van der Waals surface area contributed by atoms with E-state index in [2.05, 4.69) is 20.4 Å². The summed E-state index contributed by atoms with van der Waals surface area (Å²) in [5.74, 6) is 1.36. The number of hydrogen-bond donors (Lipinski definition) is 1. The van der Waals surface area contributed by atoms with Crippen molar-refractivity contribution in [1.82, 2.24) is 14.4 Å². The molecule has 1 aromatic heterocycles. The maximum atomic E-state index is 13.1. The zero-order valence-electron chi connectivity index (χ0n) is 18.4. The van der Waals surface area contributed by atoms with Crippen molar-refractivity contribution in [3.8, 4) is 0 Å². The number of anilines is 2. The highest BCUT2D eigenvalue weighted by Gasteiger charge is 2.28. The first-order chi connectivity index (χ1) is 15.9. The Balaban J connectivity index is 1.51. The van der Waals surface area contributed by atoms with Gasteiger partial charge in [0.2, 0.25) is 21.8 Å². The van der Waals surface area contributed by atoms with Crippen LogP contribution in [0.5, 0.6) is 0 Å². The number of thioether (sulfide) groups is 1. The molecule has 3 heterocycles. The van der Waals surface area contributed by atoms with Gasteiger partial charge < -0.3 is 24.2 Å². The maximum Gasteiger partial charge on any atom is 0.243 e. The first-order valence-corrected chi connectivity index (χ1v) is 13.2. The van der Waals surface area contributed by atoms with E-state index in [4.69, 9.17) is 14.0 Å². The van der Waals surface area contributed by atoms with Crippen LogP contribution in [0.25, 0.3) is 0 Å². The fourth-order valence-electron chi connectivity index (χ4n) is 3.61. The number of sulfonamides is 1. The predicted octanol–water partition coefficient (Wildman–Crippen LogP) is 1.11. The quantitative estimate of drug-likeness (QED) is 0.566. The smallest absolute Gasteiger partial charge is 0.243 e. The molecule has 2 aromatic rings. The lowest BCUT2D eigenvalue weighted by Crippen LogP contribution is -2.40. The molecule has 0 unspecified atom stereocenters. The molecule has 0 saturated carbocycles. The second kappa shape index (κ2) is 10.8. The van der Waals surface area contributed by atoms with Gasteiger partial charge in [0.25, 0.3) is 0 Å². The van der Waals surface area contributed by atoms with Crippen LogP contribution in [0.1, 0.15) is 11.7 Å². The molecule has 1 aromatic carbocycles. The van der Waals surface area contributed by atoms with E-state index >= 15 is 0 Å². The van der Waals surface area contributed by atoms with Crippen molar-refractivity contribution >= 4 is 39.1 Å². The van der Waals surface area contributed by atoms with E-state index in [0.29, 0.717) is 75.8 Å². The molecule has 0 atom stereocenters. The third-order valence-corrected chi connectivity index (χ3v) is 8.06. The molecule has 0 radical (unpaired) electrons. The third-order valence-electron chi connectivity index (χ3n) is 5.24. The predicted molar refractivity (Wildman–Crippen MR) is 123 cm³/mol. The van der Waals surface area contributed by atoms with Crippen molar-refractivity contribution in [3.63, 3.8) is 0 Å². The van der Waals surface area contributed by atoms with E-state index < -0.39 is 10.0 Å². The summed E-state index contributed by atoms with van der Waals surface area (Å²) in [5.41, 5.74) is 1.23. The Morgan fingerprint density at radius 3 is 2.48 bits per heavy atom. The summed E-state index contributed by atoms with van der Waals surface area (Å²) in [4.78, 5) is 19.0. The van der Waals surface area contributed by atoms with Gasteiger partial charge in [-0.2, -0.15) is 9.29 Å². The number of hydrogen-bond acceptors (Lipinski definition) is 10. The minimum absolute atomic E-state index is 0.145. The molecule has 0 aliphatic carbocycles. The summed E-state index contributed by atoms with van der Waals surface area (Å²) in [6.07, 6.45) is 0. The number of morpholine rings is 2. The lowest BCUT2D eigenvalue weighted by atomic mass is 10.2. The van der Waals surface area contributed by atoms with E-state index in [0.717, 1.165) is 5.69 Å². The lowest BCUT2D eigenvalue weighted by Gasteiger charge is -2.31. The highest BCUT2D eigenvalue weighted by Crippen LogP contribution is 2.31. The molecule has 2 aliphatic rings. The molecule has 33 heavy (non-hydrogen) atoms. The van der Waals surface area contributed by atoms with Gasteiger partial charge in [0.1, 0.15) is 0 Å². The molecular weight excluding hydrogens is 470 g/mol. The Bertz CT molecular complexity index is 1060. The summed E-state index contributed by atoms with van der Waals surface area (Å²) >= 11 is 1.35. The lowest BCUT2D eigenvalue weighted by molar-refractivity contribution is -0.113. The Kier molecular flexibility index (Phi) is 7.86. The highest BCUT2D eigenvalue weighted by molar-refractivity contribution is 7.99. The number of benzene rings is 1. The van der Waals surface area contributed by atoms with Crippen LogP contribution in [0.2, 0.25) is 0 Å². The van der Waals surface area contributed by atoms with Crippen LogP contribution in [0.3, 0.4) is 0 Å². The van der Waals surface area contributed by atoms with Gasteiger partial charge in [-0.05, 0) is 18.2 Å². The van der Waals surface area contributed by atoms with E-state index in [1.54, 1.807) is 25.1 Å². The Hall–Kier alpha value is -2.19. The molecule has 4 rings (SSSR count). The number of aryl methyl sites for hydroxylation is 1. The maximum absolute atomic E-state index is 13.1. The van der Waals surface area contributed by atoms with Crippen LogP contribution in [-0.4, -0.2) is 87.1 Å². The summed E-state index contributed by atoms with van der Waals surface area (Å²) < 4.78 is 43.3. The number of rotatable bonds is 8. The molecule has 180 valence electrons. The first kappa shape index (κ1) is 24.0. The zero-order valence-corrected chi connectivity index (χ0v) is 20.0. The van der Waals surface area contributed by atoms with Gasteiger partial charge in [0.15, 0.2) is 5.82 Å². The summed E-state index contributed by atoms with van der Waals surface area (Å²) in [6.45, 7) is 5.51. The minimum atomic E-state index is -3.69. The molecule has 2 aliphatic heterocycles. The van der Waals surface area contributed by atoms with Gasteiger partial charge in [-0.25, -0.2) is 8.42 Å². The zero-order chi connectivity index (χ0) is 23.3. The Morgan fingerprint density at radius 1 is 1.12 bits per heavy atom. The standard InChI is InChI=1S/C20H27N5O6S2/c1-15-21-19(23-31-15)13-32-14-20(26)22-17-12-16(33(27,28)25-6-10-30-11-7-25)2-3-18(17)24-4-8-29-9-5-24/h2-3,12H,4-11,13-14H2,1H3,(H,22,26). The minimum Gasteiger partial charge on any atom is -0.379 e. The normalized spacial score (nSPS) is 17.8. The van der Waals surface area contributed by atoms with Gasteiger partial charge in [0, 0.05) is 33.1 Å². The van der Waals surface area contributed by atoms with Crippen LogP contribution in [0.4, 0.5) is 11.4 Å². The Labute approximate surface area is 196 Å². The van der Waals surface area contributed by atoms with Crippen LogP contribution < -0.4 is 10.2 Å². The van der Waals surface area contributed by atoms with E-state index in [1.165, 1.54) is 16.1 Å². The molecule has 13 heteroatoms. The van der Waals surface area contributed by atoms with Gasteiger partial charge in [-0.3, -0.25) is 4.79 Å². The number of amides is 1. The fourth-order valence-corrected chi connectivity index (χ4v) is 5.71. The van der Waals surface area contributed by atoms with Crippen molar-refractivity contribution in [2.24, 2.45) is 0 Å². The van der Waals surface area contributed by atoms with Crippen molar-refractivity contribution in [3.05, 3.63) is 29.9 Å². The summed E-state index contributed by atoms with van der Waals surface area (Å²) in [6, 6.07) is 4.89. The second-order valence-corrected chi connectivity index (χ2v) is 10.5.